The predicted molar refractivity (Wildman–Crippen MR) is 108 cm³/mol. The molecule has 124 valence electrons. The van der Waals surface area contributed by atoms with Crippen molar-refractivity contribution in [3.05, 3.63) is 60.7 Å². The summed E-state index contributed by atoms with van der Waals surface area (Å²) in [6, 6.07) is 22.8. The van der Waals surface area contributed by atoms with Gasteiger partial charge < -0.3 is 0 Å². The maximum Gasteiger partial charge on any atom is 0.0991 e. The van der Waals surface area contributed by atoms with Crippen LogP contribution in [0.2, 0.25) is 0 Å². The van der Waals surface area contributed by atoms with Crippen LogP contribution in [0.25, 0.3) is 0 Å². The summed E-state index contributed by atoms with van der Waals surface area (Å²) in [6.07, 6.45) is 10.8. The lowest BCUT2D eigenvalue weighted by Gasteiger charge is -2.28. The molecule has 0 saturated carbocycles. The van der Waals surface area contributed by atoms with Gasteiger partial charge in [-0.15, -0.1) is 0 Å². The van der Waals surface area contributed by atoms with Crippen LogP contribution in [0.3, 0.4) is 0 Å². The highest BCUT2D eigenvalue weighted by atomic mass is 31.2. The molecule has 0 saturated heterocycles. The first-order valence-electron chi connectivity index (χ1n) is 9.32. The highest BCUT2D eigenvalue weighted by molar-refractivity contribution is 7.89. The van der Waals surface area contributed by atoms with Crippen LogP contribution >= 0.6 is 7.26 Å². The summed E-state index contributed by atoms with van der Waals surface area (Å²) in [5.41, 5.74) is 0. The van der Waals surface area contributed by atoms with E-state index in [4.69, 9.17) is 0 Å². The third-order valence-corrected chi connectivity index (χ3v) is 9.52. The Bertz CT molecular complexity index is 481. The largest absolute Gasteiger partial charge is 0.0991 e. The molecule has 0 aromatic heterocycles. The number of rotatable bonds is 10. The van der Waals surface area contributed by atoms with Crippen molar-refractivity contribution in [2.75, 3.05) is 12.3 Å². The van der Waals surface area contributed by atoms with Crippen LogP contribution in [0.5, 0.6) is 0 Å². The van der Waals surface area contributed by atoms with Gasteiger partial charge in [-0.05, 0) is 37.1 Å². The predicted octanol–water partition coefficient (Wildman–Crippen LogP) is 6.04. The molecule has 0 fully saturated rings. The van der Waals surface area contributed by atoms with Crippen LogP contribution in [-0.2, 0) is 0 Å². The van der Waals surface area contributed by atoms with Crippen LogP contribution < -0.4 is 10.6 Å². The Morgan fingerprint density at radius 3 is 1.30 bits per heavy atom. The molecule has 0 radical (unpaired) electrons. The number of unbranched alkanes of at least 4 members (excludes halogenated alkanes) is 4. The van der Waals surface area contributed by atoms with Crippen LogP contribution in [0, 0.1) is 0 Å². The van der Waals surface area contributed by atoms with Crippen molar-refractivity contribution in [2.24, 2.45) is 0 Å². The van der Waals surface area contributed by atoms with Crippen molar-refractivity contribution < 1.29 is 0 Å². The minimum absolute atomic E-state index is 1.26. The molecule has 23 heavy (non-hydrogen) atoms. The third-order valence-electron chi connectivity index (χ3n) is 4.79. The van der Waals surface area contributed by atoms with Gasteiger partial charge in [-0.1, -0.05) is 75.9 Å². The Balaban J connectivity index is 2.39. The molecule has 0 nitrogen and oxygen atoms in total. The molecule has 0 atom stereocenters. The molecule has 0 aliphatic heterocycles. The maximum absolute atomic E-state index is 2.39. The van der Waals surface area contributed by atoms with E-state index in [0.29, 0.717) is 0 Å². The van der Waals surface area contributed by atoms with E-state index in [0.717, 1.165) is 0 Å². The first-order chi connectivity index (χ1) is 11.3. The van der Waals surface area contributed by atoms with E-state index in [-0.39, 0.29) is 0 Å². The van der Waals surface area contributed by atoms with E-state index >= 15 is 0 Å². The fraction of sp³-hybridized carbons (Fsp3) is 0.455. The average molecular weight is 327 g/mol. The van der Waals surface area contributed by atoms with Crippen LogP contribution in [-0.4, -0.2) is 12.3 Å². The minimum Gasteiger partial charge on any atom is -0.0654 e. The normalized spacial score (nSPS) is 11.6. The molecule has 0 bridgehead atoms. The zero-order valence-electron chi connectivity index (χ0n) is 14.9. The highest BCUT2D eigenvalue weighted by Crippen LogP contribution is 2.57. The summed E-state index contributed by atoms with van der Waals surface area (Å²) in [5, 5.41) is 3.22. The van der Waals surface area contributed by atoms with E-state index in [1.165, 1.54) is 50.8 Å². The van der Waals surface area contributed by atoms with E-state index in [9.17, 15) is 0 Å². The summed E-state index contributed by atoms with van der Waals surface area (Å²) < 4.78 is 0. The van der Waals surface area contributed by atoms with Gasteiger partial charge in [0.15, 0.2) is 0 Å². The van der Waals surface area contributed by atoms with Crippen molar-refractivity contribution in [1.82, 2.24) is 0 Å². The molecule has 0 unspecified atom stereocenters. The van der Waals surface area contributed by atoms with Gasteiger partial charge in [0.1, 0.15) is 0 Å². The van der Waals surface area contributed by atoms with Gasteiger partial charge >= 0.3 is 0 Å². The second-order valence-corrected chi connectivity index (χ2v) is 10.4. The Kier molecular flexibility index (Phi) is 7.83. The molecular formula is C22H32P+. The summed E-state index contributed by atoms with van der Waals surface area (Å²) in [7, 11) is -1.26. The second kappa shape index (κ2) is 9.89. The Labute approximate surface area is 143 Å². The molecule has 0 heterocycles. The minimum atomic E-state index is -1.26. The Morgan fingerprint density at radius 1 is 0.565 bits per heavy atom. The van der Waals surface area contributed by atoms with Crippen molar-refractivity contribution in [3.63, 3.8) is 0 Å². The van der Waals surface area contributed by atoms with Crippen LogP contribution in [0.4, 0.5) is 0 Å². The van der Waals surface area contributed by atoms with Gasteiger partial charge in [0.25, 0.3) is 0 Å². The van der Waals surface area contributed by atoms with Gasteiger partial charge in [0, 0.05) is 0 Å². The van der Waals surface area contributed by atoms with Crippen LogP contribution in [0.1, 0.15) is 52.4 Å². The maximum atomic E-state index is 2.39. The lowest BCUT2D eigenvalue weighted by molar-refractivity contribution is 0.761. The van der Waals surface area contributed by atoms with Crippen molar-refractivity contribution in [2.45, 2.75) is 52.4 Å². The average Bonchev–Trinajstić information content (AvgIpc) is 2.62. The molecular weight excluding hydrogens is 295 g/mol. The SMILES string of the molecule is CCCCC[P+](CCCCC)(c1ccccc1)c1ccccc1. The molecule has 0 aliphatic carbocycles. The van der Waals surface area contributed by atoms with Crippen molar-refractivity contribution in [1.29, 1.82) is 0 Å². The Morgan fingerprint density at radius 2 is 0.957 bits per heavy atom. The lowest BCUT2D eigenvalue weighted by Crippen LogP contribution is -2.27. The fourth-order valence-corrected chi connectivity index (χ4v) is 8.03. The summed E-state index contributed by atoms with van der Waals surface area (Å²) in [5.74, 6) is 0. The van der Waals surface area contributed by atoms with Gasteiger partial charge in [0.05, 0.1) is 30.2 Å². The fourth-order valence-electron chi connectivity index (χ4n) is 3.47. The van der Waals surface area contributed by atoms with Gasteiger partial charge in [-0.3, -0.25) is 0 Å². The topological polar surface area (TPSA) is 0 Å². The number of hydrogen-bond acceptors (Lipinski definition) is 0. The molecule has 2 rings (SSSR count). The summed E-state index contributed by atoms with van der Waals surface area (Å²) >= 11 is 0. The second-order valence-electron chi connectivity index (χ2n) is 6.50. The number of hydrogen-bond donors (Lipinski definition) is 0. The monoisotopic (exact) mass is 327 g/mol. The van der Waals surface area contributed by atoms with Gasteiger partial charge in [-0.25, -0.2) is 0 Å². The van der Waals surface area contributed by atoms with Gasteiger partial charge in [-0.2, -0.15) is 0 Å². The highest BCUT2D eigenvalue weighted by Gasteiger charge is 2.41. The van der Waals surface area contributed by atoms with Crippen LogP contribution in [0.15, 0.2) is 60.7 Å². The first-order valence-corrected chi connectivity index (χ1v) is 11.5. The standard InChI is InChI=1S/C22H32P/c1-3-5-13-19-23(20-14-6-4-2,21-15-9-7-10-16-21)22-17-11-8-12-18-22/h7-12,15-18H,3-6,13-14,19-20H2,1-2H3/q+1. The lowest BCUT2D eigenvalue weighted by atomic mass is 10.3. The van der Waals surface area contributed by atoms with Gasteiger partial charge in [0.2, 0.25) is 0 Å². The van der Waals surface area contributed by atoms with Crippen molar-refractivity contribution in [3.8, 4) is 0 Å². The van der Waals surface area contributed by atoms with E-state index in [2.05, 4.69) is 74.5 Å². The molecule has 0 aliphatic rings. The van der Waals surface area contributed by atoms with E-state index in [1.54, 1.807) is 10.6 Å². The van der Waals surface area contributed by atoms with E-state index < -0.39 is 7.26 Å². The zero-order valence-corrected chi connectivity index (χ0v) is 15.8. The Hall–Kier alpha value is -1.13. The molecule has 0 N–H and O–H groups in total. The quantitative estimate of drug-likeness (QED) is 0.369. The summed E-state index contributed by atoms with van der Waals surface area (Å²) in [6.45, 7) is 4.62. The van der Waals surface area contributed by atoms with Crippen molar-refractivity contribution >= 4 is 17.9 Å². The molecule has 2 aromatic carbocycles. The zero-order chi connectivity index (χ0) is 16.4. The third kappa shape index (κ3) is 4.92. The molecule has 1 heteroatoms. The van der Waals surface area contributed by atoms with E-state index in [1.807, 2.05) is 0 Å². The number of benzene rings is 2. The molecule has 2 aromatic rings. The first kappa shape index (κ1) is 18.2. The molecule has 0 amide bonds. The summed E-state index contributed by atoms with van der Waals surface area (Å²) in [4.78, 5) is 0. The molecule has 0 spiro atoms. The smallest absolute Gasteiger partial charge is 0.0654 e.